The summed E-state index contributed by atoms with van der Waals surface area (Å²) in [6.07, 6.45) is 2.11. The lowest BCUT2D eigenvalue weighted by molar-refractivity contribution is -0.116. The van der Waals surface area contributed by atoms with Gasteiger partial charge < -0.3 is 14.6 Å². The van der Waals surface area contributed by atoms with E-state index < -0.39 is 0 Å². The Kier molecular flexibility index (Phi) is 5.69. The van der Waals surface area contributed by atoms with Crippen LogP contribution in [0.1, 0.15) is 17.8 Å². The summed E-state index contributed by atoms with van der Waals surface area (Å²) in [4.78, 5) is 16.1. The number of imidazole rings is 1. The van der Waals surface area contributed by atoms with Gasteiger partial charge in [-0.15, -0.1) is 0 Å². The number of carbonyl (C=O) groups excluding carboxylic acids is 1. The zero-order valence-corrected chi connectivity index (χ0v) is 14.9. The van der Waals surface area contributed by atoms with Crippen molar-refractivity contribution in [2.24, 2.45) is 0 Å². The van der Waals surface area contributed by atoms with Gasteiger partial charge in [0.15, 0.2) is 0 Å². The Morgan fingerprint density at radius 2 is 2.00 bits per heavy atom. The smallest absolute Gasteiger partial charge is 0.243 e. The quantitative estimate of drug-likeness (QED) is 0.499. The molecule has 0 aliphatic rings. The summed E-state index contributed by atoms with van der Waals surface area (Å²) >= 11 is 0. The third-order valence-corrected chi connectivity index (χ3v) is 4.22. The van der Waals surface area contributed by atoms with Crippen LogP contribution < -0.4 is 10.1 Å². The highest BCUT2D eigenvalue weighted by atomic mass is 16.5. The third kappa shape index (κ3) is 4.11. The molecule has 0 fully saturated rings. The van der Waals surface area contributed by atoms with E-state index in [1.165, 1.54) is 6.08 Å². The number of para-hydroxylation sites is 3. The molecule has 1 N–H and O–H groups in total. The van der Waals surface area contributed by atoms with Crippen molar-refractivity contribution in [3.05, 3.63) is 72.6 Å². The standard InChI is InChI=1S/C21H23N3O2/c1-3-21(25)22-15-20-23-17-10-5-6-11-18(17)24(20)13-8-14-26-19-12-7-4-9-16(19)2/h3-7,9-12H,1,8,13-15H2,2H3,(H,22,25). The highest BCUT2D eigenvalue weighted by Gasteiger charge is 2.11. The van der Waals surface area contributed by atoms with Gasteiger partial charge in [-0.1, -0.05) is 36.9 Å². The molecule has 0 aliphatic heterocycles. The van der Waals surface area contributed by atoms with Gasteiger partial charge in [-0.2, -0.15) is 0 Å². The summed E-state index contributed by atoms with van der Waals surface area (Å²) in [6.45, 7) is 7.28. The second kappa shape index (κ2) is 8.34. The number of ether oxygens (including phenoxy) is 1. The molecule has 134 valence electrons. The highest BCUT2D eigenvalue weighted by molar-refractivity contribution is 5.86. The van der Waals surface area contributed by atoms with Crippen LogP contribution in [0, 0.1) is 6.92 Å². The number of fused-ring (bicyclic) bond motifs is 1. The Balaban J connectivity index is 1.68. The van der Waals surface area contributed by atoms with Gasteiger partial charge in [0.2, 0.25) is 5.91 Å². The molecule has 3 rings (SSSR count). The Labute approximate surface area is 153 Å². The summed E-state index contributed by atoms with van der Waals surface area (Å²) in [5, 5.41) is 2.80. The van der Waals surface area contributed by atoms with Crippen LogP contribution in [-0.4, -0.2) is 22.1 Å². The van der Waals surface area contributed by atoms with E-state index in [9.17, 15) is 4.79 Å². The first-order valence-corrected chi connectivity index (χ1v) is 8.72. The Bertz CT molecular complexity index is 915. The molecule has 0 radical (unpaired) electrons. The number of rotatable bonds is 8. The van der Waals surface area contributed by atoms with Gasteiger partial charge >= 0.3 is 0 Å². The molecule has 0 saturated heterocycles. The number of nitrogens with one attached hydrogen (secondary N) is 1. The summed E-state index contributed by atoms with van der Waals surface area (Å²) in [5.74, 6) is 1.55. The van der Waals surface area contributed by atoms with Crippen molar-refractivity contribution in [3.8, 4) is 5.75 Å². The summed E-state index contributed by atoms with van der Waals surface area (Å²) in [7, 11) is 0. The molecule has 1 aromatic heterocycles. The van der Waals surface area contributed by atoms with Crippen molar-refractivity contribution in [2.45, 2.75) is 26.4 Å². The second-order valence-corrected chi connectivity index (χ2v) is 6.06. The van der Waals surface area contributed by atoms with E-state index in [0.717, 1.165) is 41.1 Å². The molecule has 1 heterocycles. The zero-order valence-electron chi connectivity index (χ0n) is 14.9. The SMILES string of the molecule is C=CC(=O)NCc1nc2ccccc2n1CCCOc1ccccc1C. The zero-order chi connectivity index (χ0) is 18.4. The number of amides is 1. The Morgan fingerprint density at radius 3 is 2.81 bits per heavy atom. The molecule has 1 amide bonds. The maximum absolute atomic E-state index is 11.5. The third-order valence-electron chi connectivity index (χ3n) is 4.22. The molecule has 0 unspecified atom stereocenters. The van der Waals surface area contributed by atoms with Gasteiger partial charge in [-0.25, -0.2) is 4.98 Å². The molecule has 26 heavy (non-hydrogen) atoms. The van der Waals surface area contributed by atoms with Gasteiger partial charge in [0, 0.05) is 6.54 Å². The number of aryl methyl sites for hydroxylation is 2. The van der Waals surface area contributed by atoms with Crippen LogP contribution in [0.3, 0.4) is 0 Å². The number of aromatic nitrogens is 2. The van der Waals surface area contributed by atoms with Crippen molar-refractivity contribution in [3.63, 3.8) is 0 Å². The van der Waals surface area contributed by atoms with E-state index in [4.69, 9.17) is 4.74 Å². The average molecular weight is 349 g/mol. The van der Waals surface area contributed by atoms with Crippen LogP contribution in [0.25, 0.3) is 11.0 Å². The van der Waals surface area contributed by atoms with Gasteiger partial charge in [-0.3, -0.25) is 4.79 Å². The molecule has 5 nitrogen and oxygen atoms in total. The molecule has 0 atom stereocenters. The first-order chi connectivity index (χ1) is 12.7. The lowest BCUT2D eigenvalue weighted by Gasteiger charge is -2.11. The summed E-state index contributed by atoms with van der Waals surface area (Å²) in [5.41, 5.74) is 3.12. The second-order valence-electron chi connectivity index (χ2n) is 6.06. The normalized spacial score (nSPS) is 10.7. The van der Waals surface area contributed by atoms with Gasteiger partial charge in [0.05, 0.1) is 24.2 Å². The lowest BCUT2D eigenvalue weighted by Crippen LogP contribution is -2.22. The maximum atomic E-state index is 11.5. The summed E-state index contributed by atoms with van der Waals surface area (Å²) < 4.78 is 8.02. The Morgan fingerprint density at radius 1 is 1.23 bits per heavy atom. The van der Waals surface area contributed by atoms with Crippen molar-refractivity contribution in [1.29, 1.82) is 0 Å². The van der Waals surface area contributed by atoms with Gasteiger partial charge in [0.25, 0.3) is 0 Å². The van der Waals surface area contributed by atoms with Crippen LogP contribution in [0.5, 0.6) is 5.75 Å². The number of carbonyl (C=O) groups is 1. The van der Waals surface area contributed by atoms with E-state index in [-0.39, 0.29) is 5.91 Å². The van der Waals surface area contributed by atoms with Crippen molar-refractivity contribution in [2.75, 3.05) is 6.61 Å². The predicted molar refractivity (Wildman–Crippen MR) is 103 cm³/mol. The highest BCUT2D eigenvalue weighted by Crippen LogP contribution is 2.18. The lowest BCUT2D eigenvalue weighted by atomic mass is 10.2. The monoisotopic (exact) mass is 349 g/mol. The first kappa shape index (κ1) is 17.7. The molecule has 2 aromatic carbocycles. The molecular formula is C21H23N3O2. The average Bonchev–Trinajstić information content (AvgIpc) is 3.02. The van der Waals surface area contributed by atoms with Crippen molar-refractivity contribution in [1.82, 2.24) is 14.9 Å². The summed E-state index contributed by atoms with van der Waals surface area (Å²) in [6, 6.07) is 16.0. The fourth-order valence-electron chi connectivity index (χ4n) is 2.87. The topological polar surface area (TPSA) is 56.2 Å². The van der Waals surface area contributed by atoms with E-state index in [1.54, 1.807) is 0 Å². The minimum Gasteiger partial charge on any atom is -0.493 e. The van der Waals surface area contributed by atoms with Crippen LogP contribution in [0.4, 0.5) is 0 Å². The molecule has 0 spiro atoms. The minimum atomic E-state index is -0.202. The molecule has 0 saturated carbocycles. The van der Waals surface area contributed by atoms with E-state index in [1.807, 2.05) is 55.5 Å². The minimum absolute atomic E-state index is 0.202. The predicted octanol–water partition coefficient (Wildman–Crippen LogP) is 3.62. The number of hydrogen-bond acceptors (Lipinski definition) is 3. The molecule has 0 aliphatic carbocycles. The molecule has 3 aromatic rings. The van der Waals surface area contributed by atoms with Crippen LogP contribution in [0.2, 0.25) is 0 Å². The molecule has 0 bridgehead atoms. The maximum Gasteiger partial charge on any atom is 0.243 e. The molecule has 5 heteroatoms. The van der Waals surface area contributed by atoms with Crippen LogP contribution in [0.15, 0.2) is 61.2 Å². The number of hydrogen-bond donors (Lipinski definition) is 1. The van der Waals surface area contributed by atoms with Crippen molar-refractivity contribution < 1.29 is 9.53 Å². The first-order valence-electron chi connectivity index (χ1n) is 8.72. The van der Waals surface area contributed by atoms with E-state index >= 15 is 0 Å². The van der Waals surface area contributed by atoms with Gasteiger partial charge in [-0.05, 0) is 43.2 Å². The van der Waals surface area contributed by atoms with Crippen LogP contribution in [-0.2, 0) is 17.9 Å². The fourth-order valence-corrected chi connectivity index (χ4v) is 2.87. The van der Waals surface area contributed by atoms with Crippen LogP contribution >= 0.6 is 0 Å². The van der Waals surface area contributed by atoms with E-state index in [2.05, 4.69) is 21.4 Å². The number of nitrogens with zero attached hydrogens (tertiary/aromatic N) is 2. The Hall–Kier alpha value is -3.08. The fraction of sp³-hybridized carbons (Fsp3) is 0.238. The largest absolute Gasteiger partial charge is 0.493 e. The van der Waals surface area contributed by atoms with Gasteiger partial charge in [0.1, 0.15) is 11.6 Å². The van der Waals surface area contributed by atoms with Crippen molar-refractivity contribution >= 4 is 16.9 Å². The van der Waals surface area contributed by atoms with E-state index in [0.29, 0.717) is 13.2 Å². The molecular weight excluding hydrogens is 326 g/mol. The number of benzene rings is 2.